The predicted octanol–water partition coefficient (Wildman–Crippen LogP) is 2.63. The van der Waals surface area contributed by atoms with Gasteiger partial charge in [0.05, 0.1) is 6.54 Å². The summed E-state index contributed by atoms with van der Waals surface area (Å²) in [5.74, 6) is 1.64. The summed E-state index contributed by atoms with van der Waals surface area (Å²) in [6.07, 6.45) is 2.96. The van der Waals surface area contributed by atoms with E-state index in [-0.39, 0.29) is 0 Å². The molecule has 1 N–H and O–H groups in total. The molecule has 4 heteroatoms. The first kappa shape index (κ1) is 13.3. The molecule has 3 rings (SSSR count). The van der Waals surface area contributed by atoms with Gasteiger partial charge in [0.1, 0.15) is 12.2 Å². The Hall–Kier alpha value is -1.68. The second kappa shape index (κ2) is 5.37. The highest BCUT2D eigenvalue weighted by atomic mass is 15.3. The summed E-state index contributed by atoms with van der Waals surface area (Å²) < 4.78 is 2.09. The van der Waals surface area contributed by atoms with Gasteiger partial charge in [-0.1, -0.05) is 30.7 Å². The van der Waals surface area contributed by atoms with Crippen molar-refractivity contribution in [3.05, 3.63) is 47.0 Å². The molecule has 0 saturated heterocycles. The van der Waals surface area contributed by atoms with Crippen LogP contribution < -0.4 is 5.32 Å². The number of hydrogen-bond acceptors (Lipinski definition) is 3. The van der Waals surface area contributed by atoms with Crippen molar-refractivity contribution < 1.29 is 0 Å². The minimum absolute atomic E-state index is 0.423. The van der Waals surface area contributed by atoms with Crippen LogP contribution in [0.3, 0.4) is 0 Å². The van der Waals surface area contributed by atoms with Crippen LogP contribution in [0.15, 0.2) is 24.5 Å². The van der Waals surface area contributed by atoms with E-state index in [0.29, 0.717) is 12.0 Å². The molecule has 0 fully saturated rings. The number of nitrogens with zero attached hydrogens (tertiary/aromatic N) is 3. The van der Waals surface area contributed by atoms with Crippen molar-refractivity contribution >= 4 is 0 Å². The van der Waals surface area contributed by atoms with Crippen LogP contribution in [-0.4, -0.2) is 14.8 Å². The van der Waals surface area contributed by atoms with E-state index in [9.17, 15) is 0 Å². The molecule has 1 aliphatic carbocycles. The van der Waals surface area contributed by atoms with Crippen LogP contribution in [0.5, 0.6) is 0 Å². The highest BCUT2D eigenvalue weighted by Gasteiger charge is 2.29. The first-order chi connectivity index (χ1) is 9.69. The van der Waals surface area contributed by atoms with Crippen molar-refractivity contribution in [1.29, 1.82) is 0 Å². The Balaban J connectivity index is 1.77. The van der Waals surface area contributed by atoms with Gasteiger partial charge in [0.25, 0.3) is 0 Å². The van der Waals surface area contributed by atoms with Crippen molar-refractivity contribution in [1.82, 2.24) is 20.1 Å². The summed E-state index contributed by atoms with van der Waals surface area (Å²) in [5.41, 5.74) is 4.28. The maximum atomic E-state index is 4.20. The number of aryl methyl sites for hydroxylation is 2. The SMILES string of the molecule is CCn1cnnc1CN[C@H]1c2cc(C)ccc2C[C@@H]1C. The fourth-order valence-corrected chi connectivity index (χ4v) is 3.15. The van der Waals surface area contributed by atoms with Gasteiger partial charge in [-0.3, -0.25) is 0 Å². The average Bonchev–Trinajstić information content (AvgIpc) is 3.00. The normalized spacial score (nSPS) is 21.1. The number of benzene rings is 1. The largest absolute Gasteiger partial charge is 0.317 e. The molecule has 0 saturated carbocycles. The van der Waals surface area contributed by atoms with Crippen molar-refractivity contribution in [3.63, 3.8) is 0 Å². The van der Waals surface area contributed by atoms with Gasteiger partial charge >= 0.3 is 0 Å². The van der Waals surface area contributed by atoms with E-state index in [4.69, 9.17) is 0 Å². The Labute approximate surface area is 120 Å². The Kier molecular flexibility index (Phi) is 3.57. The van der Waals surface area contributed by atoms with E-state index in [1.54, 1.807) is 6.33 Å². The zero-order valence-corrected chi connectivity index (χ0v) is 12.4. The Bertz CT molecular complexity index is 602. The molecule has 20 heavy (non-hydrogen) atoms. The zero-order chi connectivity index (χ0) is 14.1. The van der Waals surface area contributed by atoms with Gasteiger partial charge in [-0.05, 0) is 37.3 Å². The fraction of sp³-hybridized carbons (Fsp3) is 0.500. The van der Waals surface area contributed by atoms with E-state index in [0.717, 1.165) is 25.3 Å². The molecule has 0 radical (unpaired) electrons. The summed E-state index contributed by atoms with van der Waals surface area (Å²) in [6.45, 7) is 8.28. The van der Waals surface area contributed by atoms with Crippen molar-refractivity contribution in [2.45, 2.75) is 46.3 Å². The minimum Gasteiger partial charge on any atom is -0.317 e. The van der Waals surface area contributed by atoms with Crippen molar-refractivity contribution in [3.8, 4) is 0 Å². The van der Waals surface area contributed by atoms with Crippen LogP contribution in [0.2, 0.25) is 0 Å². The molecule has 1 aromatic carbocycles. The third-order valence-electron chi connectivity index (χ3n) is 4.26. The van der Waals surface area contributed by atoms with Gasteiger partial charge in [-0.15, -0.1) is 10.2 Å². The summed E-state index contributed by atoms with van der Waals surface area (Å²) >= 11 is 0. The van der Waals surface area contributed by atoms with E-state index < -0.39 is 0 Å². The molecule has 106 valence electrons. The zero-order valence-electron chi connectivity index (χ0n) is 12.4. The van der Waals surface area contributed by atoms with Gasteiger partial charge in [0, 0.05) is 12.6 Å². The van der Waals surface area contributed by atoms with Gasteiger partial charge < -0.3 is 9.88 Å². The van der Waals surface area contributed by atoms with E-state index in [2.05, 4.69) is 59.1 Å². The number of aromatic nitrogens is 3. The predicted molar refractivity (Wildman–Crippen MR) is 79.3 cm³/mol. The highest BCUT2D eigenvalue weighted by Crippen LogP contribution is 2.36. The molecule has 2 aromatic rings. The van der Waals surface area contributed by atoms with Crippen molar-refractivity contribution in [2.24, 2.45) is 5.92 Å². The Morgan fingerprint density at radius 2 is 2.25 bits per heavy atom. The summed E-state index contributed by atoms with van der Waals surface area (Å²) in [5, 5.41) is 11.9. The van der Waals surface area contributed by atoms with Crippen molar-refractivity contribution in [2.75, 3.05) is 0 Å². The van der Waals surface area contributed by atoms with Crippen LogP contribution in [0.1, 0.15) is 42.4 Å². The first-order valence-corrected chi connectivity index (χ1v) is 7.38. The third kappa shape index (κ3) is 2.36. The average molecular weight is 270 g/mol. The molecule has 0 aliphatic heterocycles. The summed E-state index contributed by atoms with van der Waals surface area (Å²) in [7, 11) is 0. The number of fused-ring (bicyclic) bond motifs is 1. The lowest BCUT2D eigenvalue weighted by molar-refractivity contribution is 0.406. The highest BCUT2D eigenvalue weighted by molar-refractivity contribution is 5.38. The maximum absolute atomic E-state index is 4.20. The van der Waals surface area contributed by atoms with Crippen LogP contribution in [0.25, 0.3) is 0 Å². The topological polar surface area (TPSA) is 42.7 Å². The first-order valence-electron chi connectivity index (χ1n) is 7.38. The number of nitrogens with one attached hydrogen (secondary N) is 1. The van der Waals surface area contributed by atoms with Crippen LogP contribution in [-0.2, 0) is 19.5 Å². The molecule has 1 aromatic heterocycles. The fourth-order valence-electron chi connectivity index (χ4n) is 3.15. The second-order valence-electron chi connectivity index (χ2n) is 5.78. The van der Waals surface area contributed by atoms with Gasteiger partial charge in [0.15, 0.2) is 0 Å². The van der Waals surface area contributed by atoms with Crippen LogP contribution >= 0.6 is 0 Å². The number of hydrogen-bond donors (Lipinski definition) is 1. The lowest BCUT2D eigenvalue weighted by Gasteiger charge is -2.19. The monoisotopic (exact) mass is 270 g/mol. The second-order valence-corrected chi connectivity index (χ2v) is 5.78. The Morgan fingerprint density at radius 3 is 3.05 bits per heavy atom. The van der Waals surface area contributed by atoms with Gasteiger partial charge in [-0.25, -0.2) is 0 Å². The lowest BCUT2D eigenvalue weighted by atomic mass is 10.0. The summed E-state index contributed by atoms with van der Waals surface area (Å²) in [4.78, 5) is 0. The van der Waals surface area contributed by atoms with E-state index in [1.165, 1.54) is 16.7 Å². The molecule has 4 nitrogen and oxygen atoms in total. The smallest absolute Gasteiger partial charge is 0.146 e. The van der Waals surface area contributed by atoms with Crippen LogP contribution in [0.4, 0.5) is 0 Å². The molecule has 1 aliphatic rings. The maximum Gasteiger partial charge on any atom is 0.146 e. The van der Waals surface area contributed by atoms with Crippen LogP contribution in [0, 0.1) is 12.8 Å². The third-order valence-corrected chi connectivity index (χ3v) is 4.26. The molecule has 0 amide bonds. The molecular formula is C16H22N4. The van der Waals surface area contributed by atoms with E-state index >= 15 is 0 Å². The molecule has 0 bridgehead atoms. The van der Waals surface area contributed by atoms with Gasteiger partial charge in [0.2, 0.25) is 0 Å². The number of rotatable bonds is 4. The molecule has 0 unspecified atom stereocenters. The van der Waals surface area contributed by atoms with E-state index in [1.807, 2.05) is 0 Å². The molecular weight excluding hydrogens is 248 g/mol. The summed E-state index contributed by atoms with van der Waals surface area (Å²) in [6, 6.07) is 7.23. The van der Waals surface area contributed by atoms with Gasteiger partial charge in [-0.2, -0.15) is 0 Å². The molecule has 0 spiro atoms. The molecule has 1 heterocycles. The Morgan fingerprint density at radius 1 is 1.40 bits per heavy atom. The standard InChI is InChI=1S/C16H22N4/c1-4-20-10-18-19-15(20)9-17-16-12(3)8-13-6-5-11(2)7-14(13)16/h5-7,10,12,16-17H,4,8-9H2,1-3H3/t12-,16+/m0/s1. The minimum atomic E-state index is 0.423. The lowest BCUT2D eigenvalue weighted by Crippen LogP contribution is -2.25. The quantitative estimate of drug-likeness (QED) is 0.928. The molecule has 2 atom stereocenters.